The van der Waals surface area contributed by atoms with Crippen molar-refractivity contribution in [2.45, 2.75) is 58.4 Å². The third-order valence-electron chi connectivity index (χ3n) is 4.59. The van der Waals surface area contributed by atoms with Crippen LogP contribution in [0.4, 0.5) is 0 Å². The molecule has 5 nitrogen and oxygen atoms in total. The number of thiazole rings is 1. The molecule has 0 radical (unpaired) electrons. The Labute approximate surface area is 135 Å². The fraction of sp³-hybridized carbons (Fsp3) is 0.688. The van der Waals surface area contributed by atoms with Crippen molar-refractivity contribution in [3.63, 3.8) is 0 Å². The van der Waals surface area contributed by atoms with Crippen LogP contribution in [0.3, 0.4) is 0 Å². The van der Waals surface area contributed by atoms with Crippen molar-refractivity contribution in [1.29, 1.82) is 0 Å². The standard InChI is InChI=1S/C16H24N2O3S/c1-4-16(3,15-17-10(2)9-22-15)18-13(19)11-6-5-7-12(8-11)14(20)21/h9,11-12H,4-8H2,1-3H3,(H,18,19)(H,20,21)/t11-,12-,16-/m0/s1. The number of aromatic nitrogens is 1. The van der Waals surface area contributed by atoms with Crippen LogP contribution < -0.4 is 5.32 Å². The normalized spacial score (nSPS) is 24.5. The molecule has 1 aromatic rings. The van der Waals surface area contributed by atoms with Crippen LogP contribution in [-0.2, 0) is 15.1 Å². The fourth-order valence-corrected chi connectivity index (χ4v) is 3.91. The molecule has 1 fully saturated rings. The molecule has 122 valence electrons. The van der Waals surface area contributed by atoms with Gasteiger partial charge in [0.05, 0.1) is 11.5 Å². The van der Waals surface area contributed by atoms with E-state index in [1.54, 1.807) is 11.3 Å². The van der Waals surface area contributed by atoms with Gasteiger partial charge in [-0.25, -0.2) is 4.98 Å². The van der Waals surface area contributed by atoms with Crippen molar-refractivity contribution in [1.82, 2.24) is 10.3 Å². The Morgan fingerprint density at radius 1 is 1.45 bits per heavy atom. The number of nitrogens with zero attached hydrogens (tertiary/aromatic N) is 1. The fourth-order valence-electron chi connectivity index (χ4n) is 2.93. The SMILES string of the molecule is CC[C@](C)(NC(=O)[C@H]1CCC[C@H](C(=O)O)C1)c1nc(C)cs1. The molecular formula is C16H24N2O3S. The maximum absolute atomic E-state index is 12.6. The van der Waals surface area contributed by atoms with Crippen molar-refractivity contribution >= 4 is 23.2 Å². The first kappa shape index (κ1) is 16.9. The zero-order valence-corrected chi connectivity index (χ0v) is 14.2. The van der Waals surface area contributed by atoms with E-state index in [2.05, 4.69) is 10.3 Å². The molecular weight excluding hydrogens is 300 g/mol. The molecule has 1 aliphatic rings. The minimum Gasteiger partial charge on any atom is -0.481 e. The minimum absolute atomic E-state index is 0.0387. The lowest BCUT2D eigenvalue weighted by Crippen LogP contribution is -2.46. The average molecular weight is 324 g/mol. The van der Waals surface area contributed by atoms with E-state index in [0.717, 1.165) is 30.0 Å². The number of nitrogens with one attached hydrogen (secondary N) is 1. The largest absolute Gasteiger partial charge is 0.481 e. The molecule has 1 aliphatic carbocycles. The lowest BCUT2D eigenvalue weighted by Gasteiger charge is -2.32. The summed E-state index contributed by atoms with van der Waals surface area (Å²) in [5.74, 6) is -1.42. The van der Waals surface area contributed by atoms with Crippen molar-refractivity contribution in [2.24, 2.45) is 11.8 Å². The van der Waals surface area contributed by atoms with Gasteiger partial charge in [-0.1, -0.05) is 13.3 Å². The Morgan fingerprint density at radius 2 is 2.14 bits per heavy atom. The highest BCUT2D eigenvalue weighted by atomic mass is 32.1. The molecule has 0 saturated heterocycles. The number of aliphatic carboxylic acids is 1. The molecule has 1 amide bonds. The molecule has 1 heterocycles. The van der Waals surface area contributed by atoms with Gasteiger partial charge in [-0.05, 0) is 39.5 Å². The summed E-state index contributed by atoms with van der Waals surface area (Å²) >= 11 is 1.56. The molecule has 3 atom stereocenters. The number of amides is 1. The second-order valence-corrected chi connectivity index (χ2v) is 7.23. The summed E-state index contributed by atoms with van der Waals surface area (Å²) in [5, 5.41) is 15.2. The summed E-state index contributed by atoms with van der Waals surface area (Å²) in [6.45, 7) is 5.95. The molecule has 1 aromatic heterocycles. The second kappa shape index (κ2) is 6.77. The number of hydrogen-bond donors (Lipinski definition) is 2. The van der Waals surface area contributed by atoms with Crippen LogP contribution in [-0.4, -0.2) is 22.0 Å². The van der Waals surface area contributed by atoms with Crippen LogP contribution in [0, 0.1) is 18.8 Å². The van der Waals surface area contributed by atoms with Gasteiger partial charge in [-0.15, -0.1) is 11.3 Å². The summed E-state index contributed by atoms with van der Waals surface area (Å²) in [7, 11) is 0. The van der Waals surface area contributed by atoms with Crippen LogP contribution in [0.15, 0.2) is 5.38 Å². The number of hydrogen-bond acceptors (Lipinski definition) is 4. The molecule has 0 bridgehead atoms. The highest BCUT2D eigenvalue weighted by Gasteiger charge is 2.35. The van der Waals surface area contributed by atoms with Crippen molar-refractivity contribution in [3.8, 4) is 0 Å². The van der Waals surface area contributed by atoms with Gasteiger partial charge in [-0.2, -0.15) is 0 Å². The van der Waals surface area contributed by atoms with Crippen LogP contribution >= 0.6 is 11.3 Å². The molecule has 0 spiro atoms. The summed E-state index contributed by atoms with van der Waals surface area (Å²) in [4.78, 5) is 28.2. The topological polar surface area (TPSA) is 79.3 Å². The Bertz CT molecular complexity index is 557. The summed E-state index contributed by atoms with van der Waals surface area (Å²) in [6, 6.07) is 0. The van der Waals surface area contributed by atoms with E-state index in [9.17, 15) is 9.59 Å². The number of carbonyl (C=O) groups is 2. The zero-order chi connectivity index (χ0) is 16.3. The first-order chi connectivity index (χ1) is 10.4. The molecule has 0 aromatic carbocycles. The number of carboxylic acids is 1. The third-order valence-corrected chi connectivity index (χ3v) is 5.82. The summed E-state index contributed by atoms with van der Waals surface area (Å²) < 4.78 is 0. The van der Waals surface area contributed by atoms with Gasteiger partial charge in [0.1, 0.15) is 5.01 Å². The van der Waals surface area contributed by atoms with Gasteiger partial charge in [0.2, 0.25) is 5.91 Å². The lowest BCUT2D eigenvalue weighted by atomic mass is 9.80. The number of carbonyl (C=O) groups excluding carboxylic acids is 1. The summed E-state index contributed by atoms with van der Waals surface area (Å²) in [5.41, 5.74) is 0.476. The number of rotatable bonds is 5. The molecule has 22 heavy (non-hydrogen) atoms. The van der Waals surface area contributed by atoms with Gasteiger partial charge >= 0.3 is 5.97 Å². The minimum atomic E-state index is -0.786. The monoisotopic (exact) mass is 324 g/mol. The van der Waals surface area contributed by atoms with Gasteiger partial charge in [0.15, 0.2) is 0 Å². The molecule has 2 rings (SSSR count). The average Bonchev–Trinajstić information content (AvgIpc) is 2.94. The van der Waals surface area contributed by atoms with Crippen LogP contribution in [0.2, 0.25) is 0 Å². The van der Waals surface area contributed by atoms with Crippen LogP contribution in [0.25, 0.3) is 0 Å². The van der Waals surface area contributed by atoms with Gasteiger partial charge in [0, 0.05) is 17.0 Å². The Hall–Kier alpha value is -1.43. The van der Waals surface area contributed by atoms with Crippen molar-refractivity contribution < 1.29 is 14.7 Å². The Kier molecular flexibility index (Phi) is 5.21. The van der Waals surface area contributed by atoms with E-state index in [1.807, 2.05) is 26.2 Å². The lowest BCUT2D eigenvalue weighted by molar-refractivity contribution is -0.144. The van der Waals surface area contributed by atoms with Crippen LogP contribution in [0.5, 0.6) is 0 Å². The molecule has 0 aliphatic heterocycles. The quantitative estimate of drug-likeness (QED) is 0.872. The van der Waals surface area contributed by atoms with E-state index in [1.165, 1.54) is 0 Å². The van der Waals surface area contributed by atoms with Gasteiger partial charge < -0.3 is 10.4 Å². The zero-order valence-electron chi connectivity index (χ0n) is 13.4. The van der Waals surface area contributed by atoms with Gasteiger partial charge in [0.25, 0.3) is 0 Å². The molecule has 1 saturated carbocycles. The number of aryl methyl sites for hydroxylation is 1. The summed E-state index contributed by atoms with van der Waals surface area (Å²) in [6.07, 6.45) is 3.44. The van der Waals surface area contributed by atoms with Crippen molar-refractivity contribution in [2.75, 3.05) is 0 Å². The van der Waals surface area contributed by atoms with E-state index < -0.39 is 11.5 Å². The predicted molar refractivity (Wildman–Crippen MR) is 85.7 cm³/mol. The third kappa shape index (κ3) is 3.66. The van der Waals surface area contributed by atoms with E-state index in [4.69, 9.17) is 5.11 Å². The van der Waals surface area contributed by atoms with E-state index >= 15 is 0 Å². The second-order valence-electron chi connectivity index (χ2n) is 6.37. The first-order valence-electron chi connectivity index (χ1n) is 7.83. The molecule has 6 heteroatoms. The first-order valence-corrected chi connectivity index (χ1v) is 8.71. The highest BCUT2D eigenvalue weighted by Crippen LogP contribution is 2.32. The predicted octanol–water partition coefficient (Wildman–Crippen LogP) is 3.08. The van der Waals surface area contributed by atoms with Crippen LogP contribution in [0.1, 0.15) is 56.7 Å². The van der Waals surface area contributed by atoms with Crippen molar-refractivity contribution in [3.05, 3.63) is 16.1 Å². The smallest absolute Gasteiger partial charge is 0.306 e. The van der Waals surface area contributed by atoms with Gasteiger partial charge in [-0.3, -0.25) is 9.59 Å². The Morgan fingerprint density at radius 3 is 2.68 bits per heavy atom. The Balaban J connectivity index is 2.07. The van der Waals surface area contributed by atoms with E-state index in [-0.39, 0.29) is 17.7 Å². The number of carboxylic acid groups (broad SMARTS) is 1. The maximum Gasteiger partial charge on any atom is 0.306 e. The molecule has 0 unspecified atom stereocenters. The highest BCUT2D eigenvalue weighted by molar-refractivity contribution is 7.09. The molecule has 2 N–H and O–H groups in total. The maximum atomic E-state index is 12.6. The van der Waals surface area contributed by atoms with E-state index in [0.29, 0.717) is 12.8 Å².